The summed E-state index contributed by atoms with van der Waals surface area (Å²) >= 11 is 3.08. The molecule has 7 heteroatoms. The van der Waals surface area contributed by atoms with Crippen LogP contribution in [0.3, 0.4) is 0 Å². The maximum absolute atomic E-state index is 13.5. The van der Waals surface area contributed by atoms with Gasteiger partial charge >= 0.3 is 0 Å². The molecule has 0 aliphatic carbocycles. The molecule has 1 aromatic heterocycles. The van der Waals surface area contributed by atoms with E-state index < -0.39 is 11.7 Å². The number of halogens is 2. The highest BCUT2D eigenvalue weighted by Crippen LogP contribution is 2.27. The Morgan fingerprint density at radius 3 is 2.81 bits per heavy atom. The molecule has 0 bridgehead atoms. The van der Waals surface area contributed by atoms with E-state index in [2.05, 4.69) is 20.9 Å². The Kier molecular flexibility index (Phi) is 3.44. The van der Waals surface area contributed by atoms with Crippen LogP contribution in [0.15, 0.2) is 45.3 Å². The number of hydrogen-bond donors (Lipinski definition) is 2. The van der Waals surface area contributed by atoms with E-state index in [1.807, 2.05) is 0 Å². The van der Waals surface area contributed by atoms with Crippen LogP contribution in [0.5, 0.6) is 0 Å². The van der Waals surface area contributed by atoms with Gasteiger partial charge in [-0.1, -0.05) is 0 Å². The lowest BCUT2D eigenvalue weighted by atomic mass is 10.2. The molecule has 106 valence electrons. The molecule has 21 heavy (non-hydrogen) atoms. The molecule has 0 atom stereocenters. The van der Waals surface area contributed by atoms with E-state index in [0.29, 0.717) is 21.1 Å². The molecule has 0 spiro atoms. The van der Waals surface area contributed by atoms with Crippen molar-refractivity contribution in [2.75, 3.05) is 0 Å². The minimum Gasteiger partial charge on any atom is -0.436 e. The maximum atomic E-state index is 13.5. The zero-order valence-electron chi connectivity index (χ0n) is 10.4. The first-order valence-electron chi connectivity index (χ1n) is 5.89. The van der Waals surface area contributed by atoms with E-state index >= 15 is 0 Å². The third kappa shape index (κ3) is 2.53. The fourth-order valence-corrected chi connectivity index (χ4v) is 2.13. The summed E-state index contributed by atoms with van der Waals surface area (Å²) in [4.78, 5) is 15.6. The first-order chi connectivity index (χ1) is 10.1. The number of aromatic nitrogens is 1. The normalized spacial score (nSPS) is 10.8. The van der Waals surface area contributed by atoms with Crippen LogP contribution in [-0.4, -0.2) is 16.1 Å². The van der Waals surface area contributed by atoms with Gasteiger partial charge in [0.25, 0.3) is 5.91 Å². The number of carbonyl (C=O) groups excluding carboxylic acids is 1. The van der Waals surface area contributed by atoms with Crippen molar-refractivity contribution in [1.82, 2.24) is 10.5 Å². The predicted molar refractivity (Wildman–Crippen MR) is 76.4 cm³/mol. The lowest BCUT2D eigenvalue weighted by Gasteiger charge is -1.97. The van der Waals surface area contributed by atoms with E-state index in [0.717, 1.165) is 0 Å². The number of amides is 1. The highest BCUT2D eigenvalue weighted by Gasteiger charge is 2.12. The Bertz CT molecular complexity index is 847. The lowest BCUT2D eigenvalue weighted by molar-refractivity contribution is 0.0706. The zero-order valence-corrected chi connectivity index (χ0v) is 12.0. The number of benzene rings is 2. The first-order valence-corrected chi connectivity index (χ1v) is 6.68. The van der Waals surface area contributed by atoms with Gasteiger partial charge in [-0.2, -0.15) is 0 Å². The van der Waals surface area contributed by atoms with Crippen LogP contribution in [0, 0.1) is 5.82 Å². The largest absolute Gasteiger partial charge is 0.436 e. The van der Waals surface area contributed by atoms with E-state index in [-0.39, 0.29) is 11.5 Å². The van der Waals surface area contributed by atoms with Crippen LogP contribution in [-0.2, 0) is 0 Å². The van der Waals surface area contributed by atoms with Gasteiger partial charge < -0.3 is 4.42 Å². The average molecular weight is 351 g/mol. The number of hydrogen-bond acceptors (Lipinski definition) is 4. The Hall–Kier alpha value is -2.25. The van der Waals surface area contributed by atoms with E-state index in [4.69, 9.17) is 9.62 Å². The molecule has 0 fully saturated rings. The van der Waals surface area contributed by atoms with Gasteiger partial charge in [0.2, 0.25) is 5.89 Å². The van der Waals surface area contributed by atoms with Crippen molar-refractivity contribution in [3.8, 4) is 11.5 Å². The number of nitrogens with one attached hydrogen (secondary N) is 1. The highest BCUT2D eigenvalue weighted by atomic mass is 79.9. The van der Waals surface area contributed by atoms with Gasteiger partial charge in [0, 0.05) is 11.1 Å². The van der Waals surface area contributed by atoms with Crippen LogP contribution in [0.25, 0.3) is 22.6 Å². The number of nitrogens with zero attached hydrogens (tertiary/aromatic N) is 1. The molecule has 0 unspecified atom stereocenters. The van der Waals surface area contributed by atoms with Crippen molar-refractivity contribution < 1.29 is 18.8 Å². The number of rotatable bonds is 2. The third-order valence-electron chi connectivity index (χ3n) is 2.92. The summed E-state index contributed by atoms with van der Waals surface area (Å²) < 4.78 is 19.4. The third-order valence-corrected chi connectivity index (χ3v) is 3.56. The van der Waals surface area contributed by atoms with E-state index in [9.17, 15) is 9.18 Å². The van der Waals surface area contributed by atoms with Crippen LogP contribution >= 0.6 is 15.9 Å². The van der Waals surface area contributed by atoms with Gasteiger partial charge in [-0.15, -0.1) is 0 Å². The lowest BCUT2D eigenvalue weighted by Crippen LogP contribution is -2.18. The second-order valence-electron chi connectivity index (χ2n) is 4.27. The molecule has 5 nitrogen and oxygen atoms in total. The topological polar surface area (TPSA) is 75.4 Å². The molecule has 3 aromatic rings. The number of fused-ring (bicyclic) bond motifs is 1. The second-order valence-corrected chi connectivity index (χ2v) is 5.13. The van der Waals surface area contributed by atoms with Gasteiger partial charge in [0.05, 0.1) is 4.47 Å². The molecule has 0 radical (unpaired) electrons. The van der Waals surface area contributed by atoms with Gasteiger partial charge in [0.15, 0.2) is 5.58 Å². The van der Waals surface area contributed by atoms with Crippen molar-refractivity contribution in [2.45, 2.75) is 0 Å². The van der Waals surface area contributed by atoms with Crippen molar-refractivity contribution in [2.24, 2.45) is 0 Å². The Balaban J connectivity index is 2.08. The zero-order chi connectivity index (χ0) is 15.0. The second kappa shape index (κ2) is 5.27. The minimum atomic E-state index is -0.642. The van der Waals surface area contributed by atoms with E-state index in [1.165, 1.54) is 18.2 Å². The summed E-state index contributed by atoms with van der Waals surface area (Å²) in [6, 6.07) is 9.05. The minimum absolute atomic E-state index is 0.242. The van der Waals surface area contributed by atoms with Crippen LogP contribution in [0.4, 0.5) is 4.39 Å². The predicted octanol–water partition coefficient (Wildman–Crippen LogP) is 3.52. The molecule has 2 aromatic carbocycles. The summed E-state index contributed by atoms with van der Waals surface area (Å²) in [6.45, 7) is 0. The maximum Gasteiger partial charge on any atom is 0.274 e. The SMILES string of the molecule is O=C(NO)c1ccc2oc(-c3ccc(Br)c(F)c3)nc2c1. The summed E-state index contributed by atoms with van der Waals surface area (Å²) in [7, 11) is 0. The summed E-state index contributed by atoms with van der Waals surface area (Å²) in [6.07, 6.45) is 0. The molecule has 1 heterocycles. The monoisotopic (exact) mass is 350 g/mol. The van der Waals surface area contributed by atoms with Crippen molar-refractivity contribution in [1.29, 1.82) is 0 Å². The Morgan fingerprint density at radius 2 is 2.10 bits per heavy atom. The first kappa shape index (κ1) is 13.7. The quantitative estimate of drug-likeness (QED) is 0.547. The van der Waals surface area contributed by atoms with Crippen LogP contribution in [0.1, 0.15) is 10.4 Å². The van der Waals surface area contributed by atoms with Gasteiger partial charge in [-0.3, -0.25) is 10.0 Å². The highest BCUT2D eigenvalue weighted by molar-refractivity contribution is 9.10. The fraction of sp³-hybridized carbons (Fsp3) is 0. The van der Waals surface area contributed by atoms with Crippen molar-refractivity contribution in [3.63, 3.8) is 0 Å². The average Bonchev–Trinajstić information content (AvgIpc) is 2.92. The number of oxazole rings is 1. The smallest absolute Gasteiger partial charge is 0.274 e. The molecule has 2 N–H and O–H groups in total. The summed E-state index contributed by atoms with van der Waals surface area (Å²) in [5, 5.41) is 8.61. The molecule has 1 amide bonds. The number of hydroxylamine groups is 1. The van der Waals surface area contributed by atoms with Crippen LogP contribution < -0.4 is 5.48 Å². The molecular formula is C14H8BrFN2O3. The van der Waals surface area contributed by atoms with Gasteiger partial charge in [-0.05, 0) is 52.3 Å². The van der Waals surface area contributed by atoms with Crippen molar-refractivity contribution >= 4 is 32.9 Å². The molecule has 0 aliphatic rings. The van der Waals surface area contributed by atoms with E-state index in [1.54, 1.807) is 23.7 Å². The molecule has 0 saturated heterocycles. The standard InChI is InChI=1S/C14H8BrFN2O3/c15-9-3-1-8(5-10(9)16)14-17-11-6-7(13(19)18-20)2-4-12(11)21-14/h1-6,20H,(H,18,19). The van der Waals surface area contributed by atoms with Gasteiger partial charge in [-0.25, -0.2) is 14.9 Å². The van der Waals surface area contributed by atoms with Crippen molar-refractivity contribution in [3.05, 3.63) is 52.3 Å². The molecular weight excluding hydrogens is 343 g/mol. The molecule has 0 aliphatic heterocycles. The Morgan fingerprint density at radius 1 is 1.29 bits per heavy atom. The Labute approximate surface area is 126 Å². The molecule has 3 rings (SSSR count). The summed E-state index contributed by atoms with van der Waals surface area (Å²) in [5.41, 5.74) is 3.17. The fourth-order valence-electron chi connectivity index (χ4n) is 1.89. The summed E-state index contributed by atoms with van der Waals surface area (Å²) in [5.74, 6) is -0.816. The van der Waals surface area contributed by atoms with Gasteiger partial charge in [0.1, 0.15) is 11.3 Å². The number of carbonyl (C=O) groups is 1. The molecule has 0 saturated carbocycles. The van der Waals surface area contributed by atoms with Crippen LogP contribution in [0.2, 0.25) is 0 Å².